The Hall–Kier alpha value is -0.730. The molecule has 0 aromatic carbocycles. The third-order valence-corrected chi connectivity index (χ3v) is 4.42. The standard InChI is InChI=1S/C14H26N2O/c1-3-13-10-9-11(2)16(13)14(17)15-12-7-5-4-6-8-12/h11-13H,3-10H2,1-2H3,(H,15,17)/t11-,13+/m1/s1. The van der Waals surface area contributed by atoms with E-state index < -0.39 is 0 Å². The number of amides is 2. The Morgan fingerprint density at radius 1 is 1.18 bits per heavy atom. The first-order valence-electron chi connectivity index (χ1n) is 7.31. The first kappa shape index (κ1) is 12.7. The molecule has 3 nitrogen and oxygen atoms in total. The topological polar surface area (TPSA) is 32.3 Å². The zero-order valence-corrected chi connectivity index (χ0v) is 11.2. The van der Waals surface area contributed by atoms with Crippen molar-refractivity contribution in [2.75, 3.05) is 0 Å². The minimum atomic E-state index is 0.189. The van der Waals surface area contributed by atoms with Crippen LogP contribution in [0.25, 0.3) is 0 Å². The van der Waals surface area contributed by atoms with Crippen LogP contribution in [0.15, 0.2) is 0 Å². The molecule has 1 aliphatic heterocycles. The van der Waals surface area contributed by atoms with Crippen molar-refractivity contribution in [3.05, 3.63) is 0 Å². The van der Waals surface area contributed by atoms with E-state index in [4.69, 9.17) is 0 Å². The Morgan fingerprint density at radius 3 is 2.53 bits per heavy atom. The SMILES string of the molecule is CC[C@H]1CC[C@@H](C)N1C(=O)NC1CCCCC1. The molecule has 0 bridgehead atoms. The Morgan fingerprint density at radius 2 is 1.88 bits per heavy atom. The van der Waals surface area contributed by atoms with Crippen molar-refractivity contribution in [1.29, 1.82) is 0 Å². The van der Waals surface area contributed by atoms with E-state index in [1.54, 1.807) is 0 Å². The highest BCUT2D eigenvalue weighted by atomic mass is 16.2. The largest absolute Gasteiger partial charge is 0.335 e. The molecule has 2 amide bonds. The van der Waals surface area contributed by atoms with Gasteiger partial charge in [0.1, 0.15) is 0 Å². The van der Waals surface area contributed by atoms with Gasteiger partial charge in [-0.3, -0.25) is 0 Å². The van der Waals surface area contributed by atoms with E-state index in [-0.39, 0.29) is 6.03 Å². The summed E-state index contributed by atoms with van der Waals surface area (Å²) in [4.78, 5) is 14.4. The molecule has 0 radical (unpaired) electrons. The molecular formula is C14H26N2O. The quantitative estimate of drug-likeness (QED) is 0.786. The monoisotopic (exact) mass is 238 g/mol. The van der Waals surface area contributed by atoms with E-state index >= 15 is 0 Å². The lowest BCUT2D eigenvalue weighted by Gasteiger charge is -2.31. The fourth-order valence-electron chi connectivity index (χ4n) is 3.33. The second-order valence-corrected chi connectivity index (χ2v) is 5.68. The molecule has 0 spiro atoms. The molecule has 2 fully saturated rings. The summed E-state index contributed by atoms with van der Waals surface area (Å²) in [6.45, 7) is 4.36. The van der Waals surface area contributed by atoms with Gasteiger partial charge in [0, 0.05) is 18.1 Å². The van der Waals surface area contributed by atoms with Crippen LogP contribution >= 0.6 is 0 Å². The normalized spacial score (nSPS) is 30.6. The van der Waals surface area contributed by atoms with Gasteiger partial charge in [-0.2, -0.15) is 0 Å². The van der Waals surface area contributed by atoms with Crippen LogP contribution in [0.4, 0.5) is 4.79 Å². The summed E-state index contributed by atoms with van der Waals surface area (Å²) in [5, 5.41) is 3.24. The summed E-state index contributed by atoms with van der Waals surface area (Å²) >= 11 is 0. The van der Waals surface area contributed by atoms with Gasteiger partial charge < -0.3 is 10.2 Å². The van der Waals surface area contributed by atoms with Crippen LogP contribution in [0.5, 0.6) is 0 Å². The van der Waals surface area contributed by atoms with Crippen molar-refractivity contribution >= 4 is 6.03 Å². The molecule has 0 aromatic rings. The lowest BCUT2D eigenvalue weighted by molar-refractivity contribution is 0.168. The van der Waals surface area contributed by atoms with Crippen molar-refractivity contribution in [3.63, 3.8) is 0 Å². The van der Waals surface area contributed by atoms with Crippen LogP contribution in [0.2, 0.25) is 0 Å². The van der Waals surface area contributed by atoms with E-state index in [0.717, 1.165) is 12.8 Å². The van der Waals surface area contributed by atoms with Crippen LogP contribution in [-0.2, 0) is 0 Å². The van der Waals surface area contributed by atoms with Gasteiger partial charge in [0.2, 0.25) is 0 Å². The molecule has 2 rings (SSSR count). The Labute approximate surface area is 105 Å². The summed E-state index contributed by atoms with van der Waals surface area (Å²) in [5.41, 5.74) is 0. The van der Waals surface area contributed by atoms with Crippen LogP contribution in [0.3, 0.4) is 0 Å². The van der Waals surface area contributed by atoms with Crippen molar-refractivity contribution in [2.24, 2.45) is 0 Å². The van der Waals surface area contributed by atoms with Crippen LogP contribution in [-0.4, -0.2) is 29.1 Å². The minimum Gasteiger partial charge on any atom is -0.335 e. The molecule has 1 saturated heterocycles. The maximum absolute atomic E-state index is 12.3. The minimum absolute atomic E-state index is 0.189. The van der Waals surface area contributed by atoms with Gasteiger partial charge in [-0.1, -0.05) is 26.2 Å². The predicted octanol–water partition coefficient (Wildman–Crippen LogP) is 3.29. The molecule has 2 atom stereocenters. The first-order chi connectivity index (χ1) is 8.22. The van der Waals surface area contributed by atoms with Crippen LogP contribution in [0, 0.1) is 0 Å². The summed E-state index contributed by atoms with van der Waals surface area (Å²) in [5.74, 6) is 0. The molecule has 2 aliphatic rings. The highest BCUT2D eigenvalue weighted by Gasteiger charge is 2.33. The van der Waals surface area contributed by atoms with Gasteiger partial charge in [0.05, 0.1) is 0 Å². The number of carbonyl (C=O) groups excluding carboxylic acids is 1. The molecule has 98 valence electrons. The van der Waals surface area contributed by atoms with Crippen LogP contribution in [0.1, 0.15) is 65.2 Å². The van der Waals surface area contributed by atoms with Crippen molar-refractivity contribution in [2.45, 2.75) is 83.3 Å². The molecule has 1 N–H and O–H groups in total. The highest BCUT2D eigenvalue weighted by Crippen LogP contribution is 2.26. The second-order valence-electron chi connectivity index (χ2n) is 5.68. The van der Waals surface area contributed by atoms with Gasteiger partial charge in [-0.15, -0.1) is 0 Å². The second kappa shape index (κ2) is 5.74. The van der Waals surface area contributed by atoms with E-state index in [9.17, 15) is 4.79 Å². The molecule has 0 unspecified atom stereocenters. The number of nitrogens with zero attached hydrogens (tertiary/aromatic N) is 1. The van der Waals surface area contributed by atoms with Crippen molar-refractivity contribution in [3.8, 4) is 0 Å². The summed E-state index contributed by atoms with van der Waals surface area (Å²) < 4.78 is 0. The smallest absolute Gasteiger partial charge is 0.318 e. The van der Waals surface area contributed by atoms with E-state index in [1.165, 1.54) is 38.5 Å². The fraction of sp³-hybridized carbons (Fsp3) is 0.929. The van der Waals surface area contributed by atoms with Gasteiger partial charge in [-0.25, -0.2) is 4.79 Å². The Balaban J connectivity index is 1.89. The molecule has 0 aromatic heterocycles. The number of urea groups is 1. The Kier molecular flexibility index (Phi) is 4.30. The van der Waals surface area contributed by atoms with Crippen molar-refractivity contribution in [1.82, 2.24) is 10.2 Å². The molecule has 17 heavy (non-hydrogen) atoms. The third-order valence-electron chi connectivity index (χ3n) is 4.42. The lowest BCUT2D eigenvalue weighted by Crippen LogP contribution is -2.49. The number of carbonyl (C=O) groups is 1. The Bertz CT molecular complexity index is 261. The predicted molar refractivity (Wildman–Crippen MR) is 70.0 cm³/mol. The lowest BCUT2D eigenvalue weighted by atomic mass is 9.96. The van der Waals surface area contributed by atoms with Crippen LogP contribution < -0.4 is 5.32 Å². The molecular weight excluding hydrogens is 212 g/mol. The first-order valence-corrected chi connectivity index (χ1v) is 7.31. The summed E-state index contributed by atoms with van der Waals surface area (Å²) in [7, 11) is 0. The highest BCUT2D eigenvalue weighted by molar-refractivity contribution is 5.75. The summed E-state index contributed by atoms with van der Waals surface area (Å²) in [6, 6.07) is 1.51. The van der Waals surface area contributed by atoms with Crippen molar-refractivity contribution < 1.29 is 4.79 Å². The zero-order valence-electron chi connectivity index (χ0n) is 11.2. The van der Waals surface area contributed by atoms with Gasteiger partial charge in [0.25, 0.3) is 0 Å². The zero-order chi connectivity index (χ0) is 12.3. The molecule has 1 aliphatic carbocycles. The van der Waals surface area contributed by atoms with Gasteiger partial charge in [0.15, 0.2) is 0 Å². The molecule has 1 saturated carbocycles. The fourth-order valence-corrected chi connectivity index (χ4v) is 3.33. The maximum atomic E-state index is 12.3. The van der Waals surface area contributed by atoms with E-state index in [2.05, 4.69) is 24.1 Å². The van der Waals surface area contributed by atoms with Gasteiger partial charge >= 0.3 is 6.03 Å². The summed E-state index contributed by atoms with van der Waals surface area (Å²) in [6.07, 6.45) is 9.66. The number of hydrogen-bond acceptors (Lipinski definition) is 1. The molecule has 3 heteroatoms. The average Bonchev–Trinajstić information content (AvgIpc) is 2.71. The van der Waals surface area contributed by atoms with E-state index in [1.807, 2.05) is 0 Å². The number of hydrogen-bond donors (Lipinski definition) is 1. The number of nitrogens with one attached hydrogen (secondary N) is 1. The number of likely N-dealkylation sites (tertiary alicyclic amines) is 1. The maximum Gasteiger partial charge on any atom is 0.318 e. The molecule has 1 heterocycles. The number of rotatable bonds is 2. The average molecular weight is 238 g/mol. The van der Waals surface area contributed by atoms with E-state index in [0.29, 0.717) is 18.1 Å². The van der Waals surface area contributed by atoms with Gasteiger partial charge in [-0.05, 0) is 39.0 Å². The third kappa shape index (κ3) is 2.93.